The number of fused-ring (bicyclic) bond motifs is 3. The third-order valence-electron chi connectivity index (χ3n) is 9.05. The normalized spacial score (nSPS) is 29.9. The second kappa shape index (κ2) is 9.65. The number of carbonyl (C=O) groups is 4. The molecule has 0 spiro atoms. The number of amides is 2. The Morgan fingerprint density at radius 1 is 1.07 bits per heavy atom. The number of rotatable bonds is 5. The Morgan fingerprint density at radius 2 is 1.66 bits per heavy atom. The van der Waals surface area contributed by atoms with Crippen LogP contribution in [0.1, 0.15) is 42.6 Å². The number of phenols is 1. The molecule has 1 aromatic rings. The van der Waals surface area contributed by atoms with E-state index in [0.29, 0.717) is 5.56 Å². The Kier molecular flexibility index (Phi) is 7.11. The van der Waals surface area contributed by atoms with Gasteiger partial charge in [-0.25, -0.2) is 0 Å². The fourth-order valence-electron chi connectivity index (χ4n) is 6.20. The first-order chi connectivity index (χ1) is 18.8. The first-order valence-corrected chi connectivity index (χ1v) is 13.0. The van der Waals surface area contributed by atoms with Crippen LogP contribution in [0.25, 0.3) is 0 Å². The number of carbonyl (C=O) groups excluding carboxylic acids is 4. The van der Waals surface area contributed by atoms with Gasteiger partial charge in [-0.15, -0.1) is 0 Å². The number of phenolic OH excluding ortho intramolecular Hbond substituents is 1. The molecule has 3 aliphatic carbocycles. The van der Waals surface area contributed by atoms with Gasteiger partial charge < -0.3 is 36.6 Å². The molecule has 13 nitrogen and oxygen atoms in total. The molecule has 0 aromatic heterocycles. The number of hydrogen-bond donors (Lipinski definition) is 7. The molecule has 0 fully saturated rings. The molecule has 41 heavy (non-hydrogen) atoms. The summed E-state index contributed by atoms with van der Waals surface area (Å²) in [5, 5.41) is 59.5. The summed E-state index contributed by atoms with van der Waals surface area (Å²) in [6, 6.07) is 1.59. The fraction of sp³-hybridized carbons (Fsp3) is 0.500. The molecule has 4 unspecified atom stereocenters. The van der Waals surface area contributed by atoms with Crippen LogP contribution in [0.2, 0.25) is 0 Å². The zero-order valence-corrected chi connectivity index (χ0v) is 23.9. The van der Waals surface area contributed by atoms with Crippen LogP contribution in [-0.4, -0.2) is 110 Å². The van der Waals surface area contributed by atoms with Crippen molar-refractivity contribution >= 4 is 29.1 Å². The molecule has 0 bridgehead atoms. The molecule has 0 aliphatic heterocycles. The number of aliphatic hydroxyl groups is 4. The third kappa shape index (κ3) is 3.98. The van der Waals surface area contributed by atoms with Gasteiger partial charge in [0.25, 0.3) is 5.91 Å². The number of Topliss-reactive ketones (excluding diaryl/α,β-unsaturated/α-hetero) is 2. The Bertz CT molecular complexity index is 1440. The van der Waals surface area contributed by atoms with E-state index < -0.39 is 92.8 Å². The third-order valence-corrected chi connectivity index (χ3v) is 9.05. The summed E-state index contributed by atoms with van der Waals surface area (Å²) in [4.78, 5) is 55.5. The number of hydrogen-bond acceptors (Lipinski definition) is 11. The van der Waals surface area contributed by atoms with Gasteiger partial charge in [-0.05, 0) is 59.6 Å². The van der Waals surface area contributed by atoms with Crippen molar-refractivity contribution in [3.63, 3.8) is 0 Å². The number of nitrogens with two attached hydrogens (primary N) is 1. The van der Waals surface area contributed by atoms with Crippen LogP contribution in [0, 0.1) is 11.8 Å². The molecular formula is C28H36N4O9. The molecule has 0 saturated carbocycles. The fourth-order valence-corrected chi connectivity index (χ4v) is 6.20. The maximum atomic E-state index is 13.9. The summed E-state index contributed by atoms with van der Waals surface area (Å²) < 4.78 is 0. The number of primary amides is 1. The SMILES string of the molecule is CC1c2ccc(NC(=O)C(C)(C)N(C)C)c(O)c2C(=O)C2=C(O)[C@]3(O)C(=O)C(C(N)=O)=C(O)[C@@H](N(C)C)C3C(O)C21. The van der Waals surface area contributed by atoms with E-state index in [9.17, 15) is 44.7 Å². The van der Waals surface area contributed by atoms with Gasteiger partial charge in [0.1, 0.15) is 17.1 Å². The first kappa shape index (κ1) is 30.2. The monoisotopic (exact) mass is 572 g/mol. The topological polar surface area (TPSA) is 214 Å². The first-order valence-electron chi connectivity index (χ1n) is 13.0. The zero-order chi connectivity index (χ0) is 31.1. The van der Waals surface area contributed by atoms with Crippen LogP contribution in [-0.2, 0) is 14.4 Å². The van der Waals surface area contributed by atoms with Gasteiger partial charge in [-0.3, -0.25) is 29.0 Å². The van der Waals surface area contributed by atoms with E-state index in [4.69, 9.17) is 5.73 Å². The molecule has 3 aliphatic rings. The van der Waals surface area contributed by atoms with Crippen molar-refractivity contribution in [3.05, 3.63) is 45.9 Å². The van der Waals surface area contributed by atoms with Gasteiger partial charge in [-0.1, -0.05) is 13.0 Å². The quantitative estimate of drug-likeness (QED) is 0.183. The summed E-state index contributed by atoms with van der Waals surface area (Å²) in [5.41, 5.74) is -0.216. The van der Waals surface area contributed by atoms with Gasteiger partial charge in [0.15, 0.2) is 17.1 Å². The van der Waals surface area contributed by atoms with Crippen molar-refractivity contribution in [2.75, 3.05) is 33.5 Å². The number of ketones is 2. The van der Waals surface area contributed by atoms with Gasteiger partial charge in [0, 0.05) is 11.5 Å². The number of anilines is 1. The van der Waals surface area contributed by atoms with E-state index in [2.05, 4.69) is 5.32 Å². The highest BCUT2D eigenvalue weighted by atomic mass is 16.4. The van der Waals surface area contributed by atoms with Crippen molar-refractivity contribution in [1.82, 2.24) is 9.80 Å². The van der Waals surface area contributed by atoms with E-state index in [1.807, 2.05) is 0 Å². The van der Waals surface area contributed by atoms with Crippen LogP contribution in [0.15, 0.2) is 34.8 Å². The maximum Gasteiger partial charge on any atom is 0.255 e. The summed E-state index contributed by atoms with van der Waals surface area (Å²) in [6.45, 7) is 4.95. The summed E-state index contributed by atoms with van der Waals surface area (Å²) >= 11 is 0. The largest absolute Gasteiger partial charge is 0.510 e. The number of aromatic hydroxyl groups is 1. The molecule has 0 radical (unpaired) electrons. The minimum absolute atomic E-state index is 0.0824. The van der Waals surface area contributed by atoms with Crippen molar-refractivity contribution in [3.8, 4) is 5.75 Å². The lowest BCUT2D eigenvalue weighted by Crippen LogP contribution is -2.68. The lowest BCUT2D eigenvalue weighted by Gasteiger charge is -2.53. The minimum atomic E-state index is -3.00. The van der Waals surface area contributed by atoms with Crippen molar-refractivity contribution in [2.24, 2.45) is 17.6 Å². The molecule has 6 atom stereocenters. The van der Waals surface area contributed by atoms with Crippen LogP contribution in [0.3, 0.4) is 0 Å². The molecule has 4 rings (SSSR count). The lowest BCUT2D eigenvalue weighted by atomic mass is 9.55. The number of aliphatic hydroxyl groups excluding tert-OH is 3. The van der Waals surface area contributed by atoms with E-state index in [0.717, 1.165) is 0 Å². The van der Waals surface area contributed by atoms with E-state index in [1.54, 1.807) is 39.8 Å². The van der Waals surface area contributed by atoms with E-state index in [1.165, 1.54) is 31.1 Å². The summed E-state index contributed by atoms with van der Waals surface area (Å²) in [5.74, 6) is -10.3. The summed E-state index contributed by atoms with van der Waals surface area (Å²) in [7, 11) is 6.33. The zero-order valence-electron chi connectivity index (χ0n) is 23.9. The van der Waals surface area contributed by atoms with Crippen LogP contribution in [0.4, 0.5) is 5.69 Å². The molecule has 2 amide bonds. The number of nitrogens with zero attached hydrogens (tertiary/aromatic N) is 2. The standard InChI is InChI=1S/C28H36N4O9/c1-10-11-8-9-12(30-26(40)27(2,3)32(6)7)19(33)14(11)20(34)15-13(10)21(35)17-18(31(4)5)22(36)16(25(29)39)24(38)28(17,41)23(15)37/h8-10,13,17-18,21,33,35-37,41H,1-7H3,(H2,29,39)(H,30,40)/t10?,13?,17?,18-,21?,28-/m0/s1. The van der Waals surface area contributed by atoms with Gasteiger partial charge in [0.05, 0.1) is 34.9 Å². The van der Waals surface area contributed by atoms with Gasteiger partial charge >= 0.3 is 0 Å². The molecular weight excluding hydrogens is 536 g/mol. The predicted octanol–water partition coefficient (Wildman–Crippen LogP) is -0.0689. The lowest BCUT2D eigenvalue weighted by molar-refractivity contribution is -0.162. The highest BCUT2D eigenvalue weighted by Crippen LogP contribution is 2.56. The Hall–Kier alpha value is -3.78. The smallest absolute Gasteiger partial charge is 0.255 e. The molecule has 13 heteroatoms. The van der Waals surface area contributed by atoms with Crippen LogP contribution in [0.5, 0.6) is 5.75 Å². The van der Waals surface area contributed by atoms with E-state index in [-0.39, 0.29) is 11.3 Å². The minimum Gasteiger partial charge on any atom is -0.510 e. The Balaban J connectivity index is 1.93. The van der Waals surface area contributed by atoms with Crippen LogP contribution < -0.4 is 11.1 Å². The Morgan fingerprint density at radius 3 is 2.17 bits per heavy atom. The summed E-state index contributed by atoms with van der Waals surface area (Å²) in [6.07, 6.45) is -1.69. The number of benzene rings is 1. The van der Waals surface area contributed by atoms with Crippen molar-refractivity contribution in [1.29, 1.82) is 0 Å². The number of nitrogens with one attached hydrogen (secondary N) is 1. The Labute approximate surface area is 236 Å². The second-order valence-electron chi connectivity index (χ2n) is 11.9. The average molecular weight is 573 g/mol. The second-order valence-corrected chi connectivity index (χ2v) is 11.9. The highest BCUT2D eigenvalue weighted by Gasteiger charge is 2.67. The van der Waals surface area contributed by atoms with Crippen LogP contribution >= 0.6 is 0 Å². The predicted molar refractivity (Wildman–Crippen MR) is 146 cm³/mol. The molecule has 0 heterocycles. The molecule has 0 saturated heterocycles. The molecule has 1 aromatic carbocycles. The van der Waals surface area contributed by atoms with Crippen molar-refractivity contribution < 1.29 is 44.7 Å². The highest BCUT2D eigenvalue weighted by molar-refractivity contribution is 6.25. The van der Waals surface area contributed by atoms with Gasteiger partial charge in [-0.2, -0.15) is 0 Å². The van der Waals surface area contributed by atoms with E-state index >= 15 is 0 Å². The average Bonchev–Trinajstić information content (AvgIpc) is 2.86. The van der Waals surface area contributed by atoms with Crippen molar-refractivity contribution in [2.45, 2.75) is 50.0 Å². The molecule has 222 valence electrons. The maximum absolute atomic E-state index is 13.9. The van der Waals surface area contributed by atoms with Gasteiger partial charge in [0.2, 0.25) is 11.7 Å². The number of likely N-dealkylation sites (N-methyl/N-ethyl adjacent to an activating group) is 2. The molecule has 8 N–H and O–H groups in total.